The van der Waals surface area contributed by atoms with Gasteiger partial charge in [-0.2, -0.15) is 0 Å². The molecule has 0 fully saturated rings. The molecule has 58 heavy (non-hydrogen) atoms. The highest BCUT2D eigenvalue weighted by atomic mass is 16.4. The summed E-state index contributed by atoms with van der Waals surface area (Å²) in [6.07, 6.45) is 1.18. The smallest absolute Gasteiger partial charge is 0.426 e. The number of aliphatic hydroxyl groups excluding tert-OH is 2. The molecule has 0 aliphatic rings. The molecule has 2 rings (SSSR count). The van der Waals surface area contributed by atoms with Crippen LogP contribution in [0.4, 0.5) is 0 Å². The van der Waals surface area contributed by atoms with Crippen LogP contribution in [0.5, 0.6) is 0 Å². The van der Waals surface area contributed by atoms with Crippen molar-refractivity contribution in [2.45, 2.75) is 103 Å². The van der Waals surface area contributed by atoms with E-state index in [4.69, 9.17) is 5.73 Å². The van der Waals surface area contributed by atoms with Gasteiger partial charge >= 0.3 is 7.12 Å². The number of amides is 7. The number of hydrogen-bond donors (Lipinski definition) is 12. The lowest BCUT2D eigenvalue weighted by molar-refractivity contribution is -0.135. The van der Waals surface area contributed by atoms with E-state index in [1.807, 2.05) is 12.1 Å². The van der Waals surface area contributed by atoms with Crippen LogP contribution in [0, 0.1) is 0 Å². The minimum Gasteiger partial charge on any atom is -0.426 e. The van der Waals surface area contributed by atoms with Crippen LogP contribution in [0.15, 0.2) is 48.5 Å². The molecule has 318 valence electrons. The van der Waals surface area contributed by atoms with Gasteiger partial charge in [0.1, 0.15) is 24.2 Å². The second kappa shape index (κ2) is 24.4. The molecule has 20 heteroatoms. The predicted molar refractivity (Wildman–Crippen MR) is 214 cm³/mol. The van der Waals surface area contributed by atoms with Crippen LogP contribution in [0.25, 0.3) is 11.1 Å². The molecule has 0 spiro atoms. The van der Waals surface area contributed by atoms with Crippen molar-refractivity contribution in [1.82, 2.24) is 37.2 Å². The zero-order chi connectivity index (χ0) is 43.5. The van der Waals surface area contributed by atoms with Crippen LogP contribution in [0.3, 0.4) is 0 Å². The van der Waals surface area contributed by atoms with Gasteiger partial charge < -0.3 is 63.2 Å². The Morgan fingerprint density at radius 1 is 0.724 bits per heavy atom. The Balaban J connectivity index is 1.85. The Morgan fingerprint density at radius 3 is 1.84 bits per heavy atom. The molecule has 0 saturated carbocycles. The van der Waals surface area contributed by atoms with Gasteiger partial charge in [0.15, 0.2) is 0 Å². The molecule has 13 N–H and O–H groups in total. The Morgan fingerprint density at radius 2 is 1.31 bits per heavy atom. The van der Waals surface area contributed by atoms with Gasteiger partial charge in [-0.15, -0.1) is 0 Å². The van der Waals surface area contributed by atoms with Crippen molar-refractivity contribution in [2.24, 2.45) is 5.73 Å². The lowest BCUT2D eigenvalue weighted by Gasteiger charge is -2.25. The van der Waals surface area contributed by atoms with Crippen molar-refractivity contribution in [3.63, 3.8) is 0 Å². The highest BCUT2D eigenvalue weighted by molar-refractivity contribution is 6.43. The average Bonchev–Trinajstić information content (AvgIpc) is 3.17. The number of aliphatic hydroxyl groups is 2. The summed E-state index contributed by atoms with van der Waals surface area (Å²) < 4.78 is 0. The van der Waals surface area contributed by atoms with E-state index in [-0.39, 0.29) is 13.1 Å². The molecule has 0 aromatic heterocycles. The third kappa shape index (κ3) is 16.6. The maximum atomic E-state index is 12.9. The van der Waals surface area contributed by atoms with E-state index in [1.165, 1.54) is 26.3 Å². The van der Waals surface area contributed by atoms with Crippen LogP contribution >= 0.6 is 0 Å². The second-order valence-corrected chi connectivity index (χ2v) is 14.1. The summed E-state index contributed by atoms with van der Waals surface area (Å²) in [6.45, 7) is 6.49. The van der Waals surface area contributed by atoms with E-state index in [1.54, 1.807) is 31.2 Å². The molecule has 2 aromatic rings. The molecule has 0 saturated heterocycles. The standard InChI is InChI=1S/C38H57BN8O11/c1-6-7-8-25-9-11-26(12-10-25)27-13-15-28(16-14-27)35(53)46-30(20-48)37(55)42-21(2)18-41-19-32(51)47-33(23(4)49)38(56)43-22(3)34(52)45-29(17-31(40)50)36(54)44-24(5)39(57)58/h9-16,21-24,29-30,33,41,48-49,57-58H,6-8,17-20H2,1-5H3,(H2,40,50)(H,42,55)(H,43,56)(H,44,54)(H,45,52)(H,46,53)(H,47,51)/t21-,22+,23?,24+,29+,30-,33+/m1/s1. The molecule has 0 bridgehead atoms. The van der Waals surface area contributed by atoms with Crippen molar-refractivity contribution in [3.8, 4) is 11.1 Å². The summed E-state index contributed by atoms with van der Waals surface area (Å²) in [6, 6.07) is 8.85. The quantitative estimate of drug-likeness (QED) is 0.0477. The highest BCUT2D eigenvalue weighted by Crippen LogP contribution is 2.21. The van der Waals surface area contributed by atoms with Gasteiger partial charge in [-0.1, -0.05) is 49.7 Å². The summed E-state index contributed by atoms with van der Waals surface area (Å²) in [5, 5.41) is 55.5. The topological polar surface area (TPSA) is 311 Å². The first kappa shape index (κ1) is 48.7. The molecule has 0 heterocycles. The largest absolute Gasteiger partial charge is 0.475 e. The van der Waals surface area contributed by atoms with Gasteiger partial charge in [-0.3, -0.25) is 33.6 Å². The fourth-order valence-corrected chi connectivity index (χ4v) is 5.40. The normalized spacial score (nSPS) is 14.6. The van der Waals surface area contributed by atoms with E-state index in [0.29, 0.717) is 5.56 Å². The van der Waals surface area contributed by atoms with E-state index in [9.17, 15) is 53.8 Å². The number of primary amides is 1. The van der Waals surface area contributed by atoms with Gasteiger partial charge in [-0.05, 0) is 69.4 Å². The van der Waals surface area contributed by atoms with Crippen LogP contribution in [0.2, 0.25) is 0 Å². The Bertz CT molecular complexity index is 1700. The average molecular weight is 813 g/mol. The zero-order valence-corrected chi connectivity index (χ0v) is 33.4. The number of hydrogen-bond acceptors (Lipinski definition) is 12. The third-order valence-corrected chi connectivity index (χ3v) is 8.87. The number of carbonyl (C=O) groups excluding carboxylic acids is 7. The number of rotatable bonds is 24. The molecular formula is C38H57BN8O11. The van der Waals surface area contributed by atoms with Crippen molar-refractivity contribution >= 4 is 48.5 Å². The molecule has 0 aliphatic heterocycles. The number of unbranched alkanes of at least 4 members (excludes halogenated alkanes) is 1. The first-order valence-electron chi connectivity index (χ1n) is 19.0. The Labute approximate surface area is 337 Å². The van der Waals surface area contributed by atoms with Gasteiger partial charge in [0.2, 0.25) is 35.4 Å². The molecule has 19 nitrogen and oxygen atoms in total. The molecule has 0 aliphatic carbocycles. The number of nitrogens with one attached hydrogen (secondary N) is 7. The number of benzene rings is 2. The monoisotopic (exact) mass is 812 g/mol. The molecule has 0 radical (unpaired) electrons. The molecule has 2 aromatic carbocycles. The maximum Gasteiger partial charge on any atom is 0.475 e. The number of aryl methyl sites for hydroxylation is 1. The van der Waals surface area contributed by atoms with E-state index < -0.39 is 104 Å². The minimum atomic E-state index is -1.93. The molecular weight excluding hydrogens is 755 g/mol. The first-order chi connectivity index (χ1) is 27.4. The maximum absolute atomic E-state index is 12.9. The second-order valence-electron chi connectivity index (χ2n) is 14.1. The van der Waals surface area contributed by atoms with Crippen LogP contribution < -0.4 is 43.0 Å². The van der Waals surface area contributed by atoms with Crippen LogP contribution in [0.1, 0.15) is 69.8 Å². The number of carbonyl (C=O) groups is 7. The van der Waals surface area contributed by atoms with E-state index in [2.05, 4.69) is 56.3 Å². The van der Waals surface area contributed by atoms with Gasteiger partial charge in [0, 0.05) is 18.2 Å². The van der Waals surface area contributed by atoms with E-state index >= 15 is 0 Å². The van der Waals surface area contributed by atoms with Crippen LogP contribution in [-0.2, 0) is 35.2 Å². The lowest BCUT2D eigenvalue weighted by atomic mass is 9.81. The minimum absolute atomic E-state index is 0.0468. The molecule has 7 atom stereocenters. The summed E-state index contributed by atoms with van der Waals surface area (Å²) >= 11 is 0. The zero-order valence-electron chi connectivity index (χ0n) is 33.4. The molecule has 7 amide bonds. The predicted octanol–water partition coefficient (Wildman–Crippen LogP) is -2.87. The van der Waals surface area contributed by atoms with Crippen molar-refractivity contribution in [2.75, 3.05) is 19.7 Å². The summed E-state index contributed by atoms with van der Waals surface area (Å²) in [5.41, 5.74) is 8.64. The fourth-order valence-electron chi connectivity index (χ4n) is 5.40. The fraction of sp³-hybridized carbons (Fsp3) is 0.500. The number of nitrogens with two attached hydrogens (primary N) is 1. The highest BCUT2D eigenvalue weighted by Gasteiger charge is 2.32. The summed E-state index contributed by atoms with van der Waals surface area (Å²) in [4.78, 5) is 88.1. The Hall–Kier alpha value is -5.41. The van der Waals surface area contributed by atoms with Crippen molar-refractivity contribution in [1.29, 1.82) is 0 Å². The third-order valence-electron chi connectivity index (χ3n) is 8.87. The van der Waals surface area contributed by atoms with Crippen molar-refractivity contribution in [3.05, 3.63) is 59.7 Å². The lowest BCUT2D eigenvalue weighted by Crippen LogP contribution is -2.59. The van der Waals surface area contributed by atoms with E-state index in [0.717, 1.165) is 30.4 Å². The van der Waals surface area contributed by atoms with Gasteiger partial charge in [0.05, 0.1) is 31.6 Å². The SMILES string of the molecule is CCCCc1ccc(-c2ccc(C(=O)N[C@H](CO)C(=O)N[C@H](C)CNCC(=O)N[C@H](C(=O)N[C@@H](C)C(=O)N[C@@H](CC(N)=O)C(=O)N[C@@H](C)B(O)O)C(C)O)cc2)cc1. The molecule has 1 unspecified atom stereocenters. The first-order valence-corrected chi connectivity index (χ1v) is 19.0. The van der Waals surface area contributed by atoms with Gasteiger partial charge in [0.25, 0.3) is 5.91 Å². The summed E-state index contributed by atoms with van der Waals surface area (Å²) in [5.74, 6) is -6.90. The summed E-state index contributed by atoms with van der Waals surface area (Å²) in [7, 11) is -1.93. The van der Waals surface area contributed by atoms with Gasteiger partial charge in [-0.25, -0.2) is 0 Å². The van der Waals surface area contributed by atoms with Crippen molar-refractivity contribution < 1.29 is 53.8 Å². The Kier molecular flexibility index (Phi) is 20.5. The van der Waals surface area contributed by atoms with Crippen LogP contribution in [-0.4, -0.2) is 131 Å².